The summed E-state index contributed by atoms with van der Waals surface area (Å²) in [6, 6.07) is 10.2. The van der Waals surface area contributed by atoms with E-state index in [0.717, 1.165) is 18.2 Å². The molecular formula is C15H21N3. The molecule has 0 unspecified atom stereocenters. The summed E-state index contributed by atoms with van der Waals surface area (Å²) in [4.78, 5) is 10.6. The van der Waals surface area contributed by atoms with Crippen LogP contribution in [0.15, 0.2) is 42.7 Å². The molecule has 0 fully saturated rings. The lowest BCUT2D eigenvalue weighted by molar-refractivity contribution is 0.946. The number of hydrogen-bond acceptors (Lipinski definition) is 3. The standard InChI is InChI=1S/C13H15N3.C2H6/c1-3-16(13-14-9-4-10-15-13)12-7-5-11(2)6-8-12;1-2/h4-10H,3H2,1-2H3;1-2H3. The van der Waals surface area contributed by atoms with E-state index >= 15 is 0 Å². The van der Waals surface area contributed by atoms with E-state index in [1.165, 1.54) is 5.56 Å². The zero-order valence-electron chi connectivity index (χ0n) is 11.6. The molecular weight excluding hydrogens is 222 g/mol. The molecule has 0 atom stereocenters. The third-order valence-corrected chi connectivity index (χ3v) is 2.46. The van der Waals surface area contributed by atoms with Crippen molar-refractivity contribution in [3.8, 4) is 0 Å². The average Bonchev–Trinajstić information content (AvgIpc) is 2.45. The fourth-order valence-electron chi connectivity index (χ4n) is 1.59. The minimum Gasteiger partial charge on any atom is -0.311 e. The van der Waals surface area contributed by atoms with Crippen molar-refractivity contribution in [2.75, 3.05) is 11.4 Å². The summed E-state index contributed by atoms with van der Waals surface area (Å²) in [5.41, 5.74) is 2.38. The Labute approximate surface area is 110 Å². The maximum absolute atomic E-state index is 4.26. The molecule has 1 aromatic carbocycles. The summed E-state index contributed by atoms with van der Waals surface area (Å²) >= 11 is 0. The van der Waals surface area contributed by atoms with E-state index in [-0.39, 0.29) is 0 Å². The predicted octanol–water partition coefficient (Wildman–Crippen LogP) is 3.97. The molecule has 3 heteroatoms. The number of anilines is 2. The first-order valence-corrected chi connectivity index (χ1v) is 6.42. The SMILES string of the molecule is CC.CCN(c1ccc(C)cc1)c1ncccn1. The molecule has 1 aromatic heterocycles. The Morgan fingerprint density at radius 2 is 1.56 bits per heavy atom. The van der Waals surface area contributed by atoms with Crippen LogP contribution in [0.1, 0.15) is 26.3 Å². The van der Waals surface area contributed by atoms with E-state index in [2.05, 4.69) is 53.0 Å². The lowest BCUT2D eigenvalue weighted by atomic mass is 10.2. The second kappa shape index (κ2) is 7.43. The van der Waals surface area contributed by atoms with E-state index in [0.29, 0.717) is 0 Å². The molecule has 0 bridgehead atoms. The highest BCUT2D eigenvalue weighted by Gasteiger charge is 2.08. The molecule has 0 spiro atoms. The van der Waals surface area contributed by atoms with Gasteiger partial charge in [-0.15, -0.1) is 0 Å². The molecule has 3 nitrogen and oxygen atoms in total. The topological polar surface area (TPSA) is 29.0 Å². The van der Waals surface area contributed by atoms with Gasteiger partial charge in [0.15, 0.2) is 0 Å². The summed E-state index contributed by atoms with van der Waals surface area (Å²) in [6.45, 7) is 9.03. The van der Waals surface area contributed by atoms with Crippen molar-refractivity contribution in [1.29, 1.82) is 0 Å². The fraction of sp³-hybridized carbons (Fsp3) is 0.333. The fourth-order valence-corrected chi connectivity index (χ4v) is 1.59. The predicted molar refractivity (Wildman–Crippen MR) is 77.2 cm³/mol. The monoisotopic (exact) mass is 243 g/mol. The molecule has 0 aliphatic heterocycles. The van der Waals surface area contributed by atoms with Gasteiger partial charge in [-0.3, -0.25) is 0 Å². The van der Waals surface area contributed by atoms with Gasteiger partial charge in [-0.2, -0.15) is 0 Å². The van der Waals surface area contributed by atoms with Crippen LogP contribution >= 0.6 is 0 Å². The third kappa shape index (κ3) is 3.55. The van der Waals surface area contributed by atoms with Crippen LogP contribution in [0.25, 0.3) is 0 Å². The van der Waals surface area contributed by atoms with Crippen molar-refractivity contribution in [3.63, 3.8) is 0 Å². The van der Waals surface area contributed by atoms with Crippen molar-refractivity contribution >= 4 is 11.6 Å². The Hall–Kier alpha value is -1.90. The number of benzene rings is 1. The summed E-state index contributed by atoms with van der Waals surface area (Å²) in [5.74, 6) is 0.744. The maximum Gasteiger partial charge on any atom is 0.229 e. The van der Waals surface area contributed by atoms with Crippen molar-refractivity contribution < 1.29 is 0 Å². The quantitative estimate of drug-likeness (QED) is 0.816. The highest BCUT2D eigenvalue weighted by molar-refractivity contribution is 5.57. The van der Waals surface area contributed by atoms with E-state index in [1.54, 1.807) is 12.4 Å². The van der Waals surface area contributed by atoms with Crippen molar-refractivity contribution in [2.45, 2.75) is 27.7 Å². The molecule has 2 aromatic rings. The lowest BCUT2D eigenvalue weighted by Crippen LogP contribution is -2.18. The first-order chi connectivity index (χ1) is 8.81. The maximum atomic E-state index is 4.26. The van der Waals surface area contributed by atoms with Gasteiger partial charge >= 0.3 is 0 Å². The molecule has 0 aliphatic rings. The Bertz CT molecular complexity index is 437. The van der Waals surface area contributed by atoms with E-state index in [4.69, 9.17) is 0 Å². The molecule has 0 N–H and O–H groups in total. The number of rotatable bonds is 3. The minimum atomic E-state index is 0.744. The third-order valence-electron chi connectivity index (χ3n) is 2.46. The van der Waals surface area contributed by atoms with Crippen LogP contribution < -0.4 is 4.90 Å². The van der Waals surface area contributed by atoms with Gasteiger partial charge in [-0.05, 0) is 32.0 Å². The van der Waals surface area contributed by atoms with Crippen LogP contribution in [0, 0.1) is 6.92 Å². The second-order valence-electron chi connectivity index (χ2n) is 3.63. The Balaban J connectivity index is 0.000000771. The Kier molecular flexibility index (Phi) is 5.85. The van der Waals surface area contributed by atoms with Crippen molar-refractivity contribution in [3.05, 3.63) is 48.3 Å². The van der Waals surface area contributed by atoms with E-state index < -0.39 is 0 Å². The number of nitrogens with zero attached hydrogens (tertiary/aromatic N) is 3. The van der Waals surface area contributed by atoms with Gasteiger partial charge in [0.2, 0.25) is 5.95 Å². The first-order valence-electron chi connectivity index (χ1n) is 6.42. The highest BCUT2D eigenvalue weighted by atomic mass is 15.2. The molecule has 0 amide bonds. The van der Waals surface area contributed by atoms with Gasteiger partial charge in [0.1, 0.15) is 0 Å². The number of aromatic nitrogens is 2. The number of hydrogen-bond donors (Lipinski definition) is 0. The zero-order chi connectivity index (χ0) is 13.4. The van der Waals surface area contributed by atoms with Gasteiger partial charge in [0.25, 0.3) is 0 Å². The molecule has 1 heterocycles. The first kappa shape index (κ1) is 14.2. The van der Waals surface area contributed by atoms with Gasteiger partial charge in [0, 0.05) is 24.6 Å². The van der Waals surface area contributed by atoms with Crippen molar-refractivity contribution in [1.82, 2.24) is 9.97 Å². The molecule has 18 heavy (non-hydrogen) atoms. The highest BCUT2D eigenvalue weighted by Crippen LogP contribution is 2.21. The average molecular weight is 243 g/mol. The summed E-state index contributed by atoms with van der Waals surface area (Å²) < 4.78 is 0. The van der Waals surface area contributed by atoms with Crippen LogP contribution in [0.5, 0.6) is 0 Å². The normalized spacial score (nSPS) is 9.33. The Morgan fingerprint density at radius 3 is 2.06 bits per heavy atom. The van der Waals surface area contributed by atoms with Crippen molar-refractivity contribution in [2.24, 2.45) is 0 Å². The summed E-state index contributed by atoms with van der Waals surface area (Å²) in [6.07, 6.45) is 3.53. The van der Waals surface area contributed by atoms with Crippen LogP contribution in [0.2, 0.25) is 0 Å². The van der Waals surface area contributed by atoms with Gasteiger partial charge in [-0.25, -0.2) is 9.97 Å². The smallest absolute Gasteiger partial charge is 0.229 e. The molecule has 96 valence electrons. The minimum absolute atomic E-state index is 0.744. The van der Waals surface area contributed by atoms with Gasteiger partial charge in [-0.1, -0.05) is 31.5 Å². The largest absolute Gasteiger partial charge is 0.311 e. The van der Waals surface area contributed by atoms with Gasteiger partial charge in [0.05, 0.1) is 0 Å². The summed E-state index contributed by atoms with van der Waals surface area (Å²) in [7, 11) is 0. The lowest BCUT2D eigenvalue weighted by Gasteiger charge is -2.20. The molecule has 2 rings (SSSR count). The number of aryl methyl sites for hydroxylation is 1. The van der Waals surface area contributed by atoms with E-state index in [9.17, 15) is 0 Å². The molecule has 0 saturated carbocycles. The van der Waals surface area contributed by atoms with E-state index in [1.807, 2.05) is 19.9 Å². The zero-order valence-corrected chi connectivity index (χ0v) is 11.6. The van der Waals surface area contributed by atoms with Crippen LogP contribution in [-0.2, 0) is 0 Å². The summed E-state index contributed by atoms with van der Waals surface area (Å²) in [5, 5.41) is 0. The van der Waals surface area contributed by atoms with Crippen LogP contribution in [0.3, 0.4) is 0 Å². The second-order valence-corrected chi connectivity index (χ2v) is 3.63. The van der Waals surface area contributed by atoms with Crippen LogP contribution in [0.4, 0.5) is 11.6 Å². The molecule has 0 radical (unpaired) electrons. The van der Waals surface area contributed by atoms with Crippen LogP contribution in [-0.4, -0.2) is 16.5 Å². The molecule has 0 aliphatic carbocycles. The van der Waals surface area contributed by atoms with Gasteiger partial charge < -0.3 is 4.90 Å². The molecule has 0 saturated heterocycles. The Morgan fingerprint density at radius 1 is 1.00 bits per heavy atom.